The first kappa shape index (κ1) is 25.8. The molecule has 0 unspecified atom stereocenters. The van der Waals surface area contributed by atoms with Gasteiger partial charge >= 0.3 is 11.9 Å². The van der Waals surface area contributed by atoms with Crippen molar-refractivity contribution in [3.63, 3.8) is 0 Å². The van der Waals surface area contributed by atoms with E-state index >= 15 is 0 Å². The van der Waals surface area contributed by atoms with Crippen molar-refractivity contribution in [2.75, 3.05) is 11.9 Å². The highest BCUT2D eigenvalue weighted by Gasteiger charge is 2.25. The fourth-order valence-corrected chi connectivity index (χ4v) is 4.09. The lowest BCUT2D eigenvalue weighted by Crippen LogP contribution is -2.10. The molecule has 0 fully saturated rings. The van der Waals surface area contributed by atoms with Crippen LogP contribution in [0.15, 0.2) is 75.8 Å². The summed E-state index contributed by atoms with van der Waals surface area (Å²) in [5.74, 6) is -0.601. The van der Waals surface area contributed by atoms with Crippen molar-refractivity contribution in [2.45, 2.75) is 20.8 Å². The standard InChI is InChI=1S/C28H23BrN2O6/c1-4-35-24-15-18(13-22(29)25(24)36-27(33)20-7-5-6-16(2)12-20)14-23-28(34)37-26(31-23)19-8-10-21(11-9-19)30-17(3)32/h5-15H,4H2,1-3H3,(H,30,32)/b23-14-. The van der Waals surface area contributed by atoms with Crippen LogP contribution in [0.4, 0.5) is 5.69 Å². The van der Waals surface area contributed by atoms with Crippen molar-refractivity contribution < 1.29 is 28.6 Å². The van der Waals surface area contributed by atoms with Gasteiger partial charge in [-0.1, -0.05) is 17.7 Å². The van der Waals surface area contributed by atoms with Crippen LogP contribution in [0.5, 0.6) is 11.5 Å². The Morgan fingerprint density at radius 2 is 1.86 bits per heavy atom. The van der Waals surface area contributed by atoms with E-state index in [0.717, 1.165) is 5.56 Å². The van der Waals surface area contributed by atoms with E-state index < -0.39 is 11.9 Å². The van der Waals surface area contributed by atoms with Crippen LogP contribution >= 0.6 is 15.9 Å². The van der Waals surface area contributed by atoms with E-state index in [0.29, 0.717) is 39.2 Å². The summed E-state index contributed by atoms with van der Waals surface area (Å²) in [6, 6.07) is 17.2. The number of nitrogens with one attached hydrogen (secondary N) is 1. The first-order valence-corrected chi connectivity index (χ1v) is 12.2. The van der Waals surface area contributed by atoms with Crippen LogP contribution in [-0.2, 0) is 14.3 Å². The number of benzene rings is 3. The Hall–Kier alpha value is -4.24. The van der Waals surface area contributed by atoms with Gasteiger partial charge in [-0.3, -0.25) is 4.79 Å². The fourth-order valence-electron chi connectivity index (χ4n) is 3.55. The lowest BCUT2D eigenvalue weighted by molar-refractivity contribution is -0.130. The Bertz CT molecular complexity index is 1440. The molecule has 1 aliphatic rings. The predicted molar refractivity (Wildman–Crippen MR) is 143 cm³/mol. The molecule has 0 radical (unpaired) electrons. The van der Waals surface area contributed by atoms with Crippen molar-refractivity contribution in [3.8, 4) is 11.5 Å². The molecule has 3 aromatic rings. The number of amides is 1. The van der Waals surface area contributed by atoms with Gasteiger partial charge in [-0.25, -0.2) is 14.6 Å². The normalized spacial score (nSPS) is 13.7. The number of aliphatic imine (C=N–C) groups is 1. The molecule has 0 atom stereocenters. The van der Waals surface area contributed by atoms with Crippen molar-refractivity contribution in [2.24, 2.45) is 4.99 Å². The summed E-state index contributed by atoms with van der Waals surface area (Å²) in [5, 5.41) is 2.68. The molecule has 0 aliphatic carbocycles. The molecular weight excluding hydrogens is 540 g/mol. The van der Waals surface area contributed by atoms with Gasteiger partial charge in [0.05, 0.1) is 16.6 Å². The third-order valence-electron chi connectivity index (χ3n) is 5.16. The zero-order valence-electron chi connectivity index (χ0n) is 20.3. The summed E-state index contributed by atoms with van der Waals surface area (Å²) in [7, 11) is 0. The van der Waals surface area contributed by atoms with Crippen LogP contribution in [-0.4, -0.2) is 30.4 Å². The Morgan fingerprint density at radius 3 is 2.54 bits per heavy atom. The highest BCUT2D eigenvalue weighted by Crippen LogP contribution is 2.38. The van der Waals surface area contributed by atoms with Crippen molar-refractivity contribution in [1.82, 2.24) is 0 Å². The van der Waals surface area contributed by atoms with Gasteiger partial charge in [0.2, 0.25) is 11.8 Å². The zero-order chi connectivity index (χ0) is 26.5. The van der Waals surface area contributed by atoms with Crippen molar-refractivity contribution in [1.29, 1.82) is 0 Å². The van der Waals surface area contributed by atoms with Crippen LogP contribution < -0.4 is 14.8 Å². The second kappa shape index (κ2) is 11.2. The van der Waals surface area contributed by atoms with Crippen molar-refractivity contribution >= 4 is 51.4 Å². The Balaban J connectivity index is 1.60. The molecule has 0 saturated carbocycles. The summed E-state index contributed by atoms with van der Waals surface area (Å²) in [6.45, 7) is 5.46. The Labute approximate surface area is 222 Å². The number of ether oxygens (including phenoxy) is 3. The molecular formula is C28H23BrN2O6. The lowest BCUT2D eigenvalue weighted by atomic mass is 10.1. The smallest absolute Gasteiger partial charge is 0.363 e. The summed E-state index contributed by atoms with van der Waals surface area (Å²) < 4.78 is 17.2. The SMILES string of the molecule is CCOc1cc(/C=C2\N=C(c3ccc(NC(C)=O)cc3)OC2=O)cc(Br)c1OC(=O)c1cccc(C)c1. The quantitative estimate of drug-likeness (QED) is 0.226. The third kappa shape index (κ3) is 6.31. The number of hydrogen-bond acceptors (Lipinski definition) is 7. The number of esters is 2. The van der Waals surface area contributed by atoms with Crippen LogP contribution in [0.2, 0.25) is 0 Å². The van der Waals surface area contributed by atoms with Gasteiger partial charge < -0.3 is 19.5 Å². The number of cyclic esters (lactones) is 1. The lowest BCUT2D eigenvalue weighted by Gasteiger charge is -2.14. The van der Waals surface area contributed by atoms with Gasteiger partial charge in [0.15, 0.2) is 17.2 Å². The predicted octanol–water partition coefficient (Wildman–Crippen LogP) is 5.68. The van der Waals surface area contributed by atoms with Gasteiger partial charge in [-0.2, -0.15) is 0 Å². The van der Waals surface area contributed by atoms with E-state index in [-0.39, 0.29) is 23.3 Å². The van der Waals surface area contributed by atoms with Gasteiger partial charge in [-0.15, -0.1) is 0 Å². The Kier molecular flexibility index (Phi) is 7.83. The van der Waals surface area contributed by atoms with Gasteiger partial charge in [-0.05, 0) is 89.9 Å². The minimum Gasteiger partial charge on any atom is -0.490 e. The number of hydrogen-bond donors (Lipinski definition) is 1. The van der Waals surface area contributed by atoms with Crippen LogP contribution in [0.1, 0.15) is 40.9 Å². The number of carbonyl (C=O) groups excluding carboxylic acids is 3. The van der Waals surface area contributed by atoms with E-state index in [1.807, 2.05) is 19.9 Å². The molecule has 8 nitrogen and oxygen atoms in total. The highest BCUT2D eigenvalue weighted by molar-refractivity contribution is 9.10. The van der Waals surface area contributed by atoms with Gasteiger partial charge in [0.1, 0.15) is 0 Å². The number of anilines is 1. The van der Waals surface area contributed by atoms with Crippen LogP contribution in [0.3, 0.4) is 0 Å². The molecule has 3 aromatic carbocycles. The van der Waals surface area contributed by atoms with E-state index in [4.69, 9.17) is 14.2 Å². The molecule has 1 N–H and O–H groups in total. The molecule has 9 heteroatoms. The number of carbonyl (C=O) groups is 3. The maximum Gasteiger partial charge on any atom is 0.363 e. The van der Waals surface area contributed by atoms with Gasteiger partial charge in [0, 0.05) is 18.2 Å². The molecule has 188 valence electrons. The Morgan fingerprint density at radius 1 is 1.11 bits per heavy atom. The van der Waals surface area contributed by atoms with E-state index in [9.17, 15) is 14.4 Å². The number of halogens is 1. The number of aryl methyl sites for hydroxylation is 1. The molecule has 4 rings (SSSR count). The second-order valence-corrected chi connectivity index (χ2v) is 8.97. The second-order valence-electron chi connectivity index (χ2n) is 8.12. The summed E-state index contributed by atoms with van der Waals surface area (Å²) in [5.41, 5.74) is 3.24. The third-order valence-corrected chi connectivity index (χ3v) is 5.75. The molecule has 0 spiro atoms. The molecule has 37 heavy (non-hydrogen) atoms. The topological polar surface area (TPSA) is 103 Å². The summed E-state index contributed by atoms with van der Waals surface area (Å²) in [4.78, 5) is 40.7. The maximum absolute atomic E-state index is 12.7. The van der Waals surface area contributed by atoms with Crippen LogP contribution in [0.25, 0.3) is 6.08 Å². The molecule has 1 heterocycles. The monoisotopic (exact) mass is 562 g/mol. The molecule has 0 aromatic heterocycles. The maximum atomic E-state index is 12.7. The summed E-state index contributed by atoms with van der Waals surface area (Å²) in [6.07, 6.45) is 1.56. The minimum absolute atomic E-state index is 0.0970. The van der Waals surface area contributed by atoms with E-state index in [1.54, 1.807) is 60.7 Å². The highest BCUT2D eigenvalue weighted by atomic mass is 79.9. The number of nitrogens with zero attached hydrogens (tertiary/aromatic N) is 1. The average molecular weight is 563 g/mol. The molecule has 0 saturated heterocycles. The van der Waals surface area contributed by atoms with E-state index in [2.05, 4.69) is 26.2 Å². The largest absolute Gasteiger partial charge is 0.490 e. The fraction of sp³-hybridized carbons (Fsp3) is 0.143. The minimum atomic E-state index is -0.607. The van der Waals surface area contributed by atoms with Crippen molar-refractivity contribution in [3.05, 3.63) is 93.1 Å². The van der Waals surface area contributed by atoms with Crippen LogP contribution in [0, 0.1) is 6.92 Å². The molecule has 1 aliphatic heterocycles. The molecule has 0 bridgehead atoms. The number of rotatable bonds is 7. The van der Waals surface area contributed by atoms with E-state index in [1.165, 1.54) is 6.92 Å². The first-order chi connectivity index (χ1) is 17.7. The summed E-state index contributed by atoms with van der Waals surface area (Å²) >= 11 is 3.45. The average Bonchev–Trinajstić information content (AvgIpc) is 3.21. The molecule has 1 amide bonds. The van der Waals surface area contributed by atoms with Gasteiger partial charge in [0.25, 0.3) is 0 Å². The zero-order valence-corrected chi connectivity index (χ0v) is 21.9. The first-order valence-electron chi connectivity index (χ1n) is 11.4.